The number of imide groups is 1. The summed E-state index contributed by atoms with van der Waals surface area (Å²) in [6.45, 7) is 0.203. The maximum atomic E-state index is 13.5. The highest BCUT2D eigenvalue weighted by molar-refractivity contribution is 6.23. The number of carbonyl (C=O) groups is 3. The first-order valence-corrected chi connectivity index (χ1v) is 11.2. The number of hydrogen-bond donors (Lipinski definition) is 0. The van der Waals surface area contributed by atoms with Crippen molar-refractivity contribution in [2.45, 2.75) is 44.6 Å². The predicted octanol–water partition coefficient (Wildman–Crippen LogP) is 4.40. The second-order valence-corrected chi connectivity index (χ2v) is 8.43. The molecule has 0 bridgehead atoms. The first kappa shape index (κ1) is 23.3. The maximum Gasteiger partial charge on any atom is 0.270 e. The molecule has 1 heterocycles. The third kappa shape index (κ3) is 4.88. The number of nitro benzene ring substituents is 1. The molecule has 0 radical (unpaired) electrons. The molecule has 1 saturated heterocycles. The monoisotopic (exact) mass is 465 g/mol. The molecule has 2 aromatic rings. The van der Waals surface area contributed by atoms with Gasteiger partial charge < -0.3 is 4.90 Å². The molecule has 4 rings (SSSR count). The summed E-state index contributed by atoms with van der Waals surface area (Å²) in [6, 6.07) is 9.28. The van der Waals surface area contributed by atoms with Gasteiger partial charge in [-0.05, 0) is 62.4 Å². The maximum absolute atomic E-state index is 13.5. The van der Waals surface area contributed by atoms with Crippen LogP contribution in [0.15, 0.2) is 60.2 Å². The van der Waals surface area contributed by atoms with E-state index in [1.54, 1.807) is 0 Å². The SMILES string of the molecule is O=C1CC(N(CCC2=CCCCC2)C(=O)c2cccc([N+](=O)[O-])c2)C(=O)N1c1ccc(F)cc1. The van der Waals surface area contributed by atoms with Crippen LogP contribution < -0.4 is 4.90 Å². The van der Waals surface area contributed by atoms with Crippen molar-refractivity contribution in [3.63, 3.8) is 0 Å². The molecule has 34 heavy (non-hydrogen) atoms. The molecule has 0 N–H and O–H groups in total. The highest BCUT2D eigenvalue weighted by Gasteiger charge is 2.44. The van der Waals surface area contributed by atoms with Crippen LogP contribution in [0.5, 0.6) is 0 Å². The summed E-state index contributed by atoms with van der Waals surface area (Å²) in [5.74, 6) is -2.11. The normalized spacial score (nSPS) is 18.1. The molecule has 1 unspecified atom stereocenters. The second kappa shape index (κ2) is 9.94. The topological polar surface area (TPSA) is 101 Å². The van der Waals surface area contributed by atoms with Crippen molar-refractivity contribution in [2.75, 3.05) is 11.4 Å². The number of carbonyl (C=O) groups excluding carboxylic acids is 3. The van der Waals surface area contributed by atoms with Gasteiger partial charge in [-0.2, -0.15) is 0 Å². The Morgan fingerprint density at radius 2 is 1.91 bits per heavy atom. The van der Waals surface area contributed by atoms with Crippen LogP contribution in [-0.4, -0.2) is 40.1 Å². The molecule has 1 aliphatic carbocycles. The van der Waals surface area contributed by atoms with E-state index in [9.17, 15) is 28.9 Å². The van der Waals surface area contributed by atoms with Gasteiger partial charge in [0, 0.05) is 24.2 Å². The largest absolute Gasteiger partial charge is 0.326 e. The van der Waals surface area contributed by atoms with Crippen molar-refractivity contribution in [3.8, 4) is 0 Å². The van der Waals surface area contributed by atoms with E-state index in [1.807, 2.05) is 0 Å². The fraction of sp³-hybridized carbons (Fsp3) is 0.320. The first-order valence-electron chi connectivity index (χ1n) is 11.2. The van der Waals surface area contributed by atoms with Crippen molar-refractivity contribution in [3.05, 3.63) is 81.7 Å². The number of nitro groups is 1. The van der Waals surface area contributed by atoms with Crippen molar-refractivity contribution in [2.24, 2.45) is 0 Å². The summed E-state index contributed by atoms with van der Waals surface area (Å²) < 4.78 is 13.3. The van der Waals surface area contributed by atoms with Crippen LogP contribution in [0.2, 0.25) is 0 Å². The van der Waals surface area contributed by atoms with Crippen LogP contribution in [-0.2, 0) is 9.59 Å². The van der Waals surface area contributed by atoms with Gasteiger partial charge in [0.25, 0.3) is 17.5 Å². The summed E-state index contributed by atoms with van der Waals surface area (Å²) in [5, 5.41) is 11.2. The Labute approximate surface area is 195 Å². The highest BCUT2D eigenvalue weighted by atomic mass is 19.1. The fourth-order valence-electron chi connectivity index (χ4n) is 4.43. The minimum atomic E-state index is -1.05. The number of hydrogen-bond acceptors (Lipinski definition) is 5. The van der Waals surface area contributed by atoms with E-state index in [0.29, 0.717) is 6.42 Å². The average molecular weight is 465 g/mol. The van der Waals surface area contributed by atoms with E-state index >= 15 is 0 Å². The molecule has 1 aliphatic heterocycles. The standard InChI is InChI=1S/C25H24FN3O5/c26-19-9-11-20(12-10-19)28-23(30)16-22(25(28)32)27(14-13-17-5-2-1-3-6-17)24(31)18-7-4-8-21(15-18)29(33)34/h4-5,7-12,15,22H,1-3,6,13-14,16H2. The highest BCUT2D eigenvalue weighted by Crippen LogP contribution is 2.29. The van der Waals surface area contributed by atoms with Gasteiger partial charge in [-0.3, -0.25) is 24.5 Å². The van der Waals surface area contributed by atoms with Crippen LogP contribution in [0.1, 0.15) is 48.9 Å². The number of benzene rings is 2. The van der Waals surface area contributed by atoms with Gasteiger partial charge in [0.15, 0.2) is 0 Å². The zero-order valence-electron chi connectivity index (χ0n) is 18.5. The molecule has 0 aromatic heterocycles. The van der Waals surface area contributed by atoms with Crippen LogP contribution in [0, 0.1) is 15.9 Å². The van der Waals surface area contributed by atoms with Crippen molar-refractivity contribution >= 4 is 29.1 Å². The zero-order chi connectivity index (χ0) is 24.2. The van der Waals surface area contributed by atoms with Crippen LogP contribution >= 0.6 is 0 Å². The van der Waals surface area contributed by atoms with Crippen LogP contribution in [0.4, 0.5) is 15.8 Å². The van der Waals surface area contributed by atoms with Gasteiger partial charge in [-0.25, -0.2) is 9.29 Å². The molecule has 1 fully saturated rings. The van der Waals surface area contributed by atoms with Gasteiger partial charge in [-0.1, -0.05) is 17.7 Å². The minimum Gasteiger partial charge on any atom is -0.326 e. The van der Waals surface area contributed by atoms with Gasteiger partial charge in [-0.15, -0.1) is 0 Å². The molecule has 0 saturated carbocycles. The molecule has 0 spiro atoms. The Balaban J connectivity index is 1.63. The quantitative estimate of drug-likeness (QED) is 0.261. The smallest absolute Gasteiger partial charge is 0.270 e. The van der Waals surface area contributed by atoms with Gasteiger partial charge in [0.05, 0.1) is 17.0 Å². The van der Waals surface area contributed by atoms with E-state index in [-0.39, 0.29) is 29.9 Å². The lowest BCUT2D eigenvalue weighted by molar-refractivity contribution is -0.384. The molecule has 2 aliphatic rings. The van der Waals surface area contributed by atoms with Gasteiger partial charge in [0.2, 0.25) is 5.91 Å². The third-order valence-electron chi connectivity index (χ3n) is 6.21. The van der Waals surface area contributed by atoms with Crippen LogP contribution in [0.3, 0.4) is 0 Å². The summed E-state index contributed by atoms with van der Waals surface area (Å²) >= 11 is 0. The Hall–Kier alpha value is -3.88. The van der Waals surface area contributed by atoms with E-state index in [0.717, 1.165) is 42.7 Å². The van der Waals surface area contributed by atoms with E-state index in [1.165, 1.54) is 46.9 Å². The summed E-state index contributed by atoms with van der Waals surface area (Å²) in [5.41, 5.74) is 1.27. The number of halogens is 1. The van der Waals surface area contributed by atoms with E-state index in [2.05, 4.69) is 6.08 Å². The summed E-state index contributed by atoms with van der Waals surface area (Å²) in [7, 11) is 0. The summed E-state index contributed by atoms with van der Waals surface area (Å²) in [6.07, 6.45) is 6.54. The number of amides is 3. The Morgan fingerprint density at radius 3 is 2.59 bits per heavy atom. The van der Waals surface area contributed by atoms with E-state index in [4.69, 9.17) is 0 Å². The molecular weight excluding hydrogens is 441 g/mol. The van der Waals surface area contributed by atoms with Crippen molar-refractivity contribution in [1.29, 1.82) is 0 Å². The number of rotatable bonds is 7. The second-order valence-electron chi connectivity index (χ2n) is 8.43. The lowest BCUT2D eigenvalue weighted by Crippen LogP contribution is -2.46. The van der Waals surface area contributed by atoms with E-state index < -0.39 is 34.5 Å². The molecule has 8 nitrogen and oxygen atoms in total. The van der Waals surface area contributed by atoms with Gasteiger partial charge >= 0.3 is 0 Å². The number of allylic oxidation sites excluding steroid dienone is 1. The number of anilines is 1. The molecular formula is C25H24FN3O5. The zero-order valence-corrected chi connectivity index (χ0v) is 18.5. The average Bonchev–Trinajstić information content (AvgIpc) is 3.14. The predicted molar refractivity (Wildman–Crippen MR) is 123 cm³/mol. The lowest BCUT2D eigenvalue weighted by Gasteiger charge is -2.28. The van der Waals surface area contributed by atoms with Crippen molar-refractivity contribution in [1.82, 2.24) is 4.90 Å². The molecule has 2 aromatic carbocycles. The number of nitrogens with zero attached hydrogens (tertiary/aromatic N) is 3. The molecule has 3 amide bonds. The molecule has 176 valence electrons. The Morgan fingerprint density at radius 1 is 1.15 bits per heavy atom. The molecule has 9 heteroatoms. The first-order chi connectivity index (χ1) is 16.3. The Kier molecular flexibility index (Phi) is 6.81. The lowest BCUT2D eigenvalue weighted by atomic mass is 9.96. The fourth-order valence-corrected chi connectivity index (χ4v) is 4.43. The molecule has 1 atom stereocenters. The minimum absolute atomic E-state index is 0.0762. The number of non-ortho nitro benzene ring substituents is 1. The van der Waals surface area contributed by atoms with Gasteiger partial charge in [0.1, 0.15) is 11.9 Å². The summed E-state index contributed by atoms with van der Waals surface area (Å²) in [4.78, 5) is 52.5. The Bertz CT molecular complexity index is 1160. The third-order valence-corrected chi connectivity index (χ3v) is 6.21. The van der Waals surface area contributed by atoms with Crippen LogP contribution in [0.25, 0.3) is 0 Å². The van der Waals surface area contributed by atoms with Crippen molar-refractivity contribution < 1.29 is 23.7 Å².